The maximum atomic E-state index is 6.08. The number of nitrogens with one attached hydrogen (secondary N) is 1. The van der Waals surface area contributed by atoms with Gasteiger partial charge in [0.05, 0.1) is 11.0 Å². The quantitative estimate of drug-likeness (QED) is 0.918. The molecule has 0 radical (unpaired) electrons. The minimum absolute atomic E-state index is 0.0632. The maximum absolute atomic E-state index is 6.08. The van der Waals surface area contributed by atoms with Crippen LogP contribution in [0.2, 0.25) is 5.02 Å². The molecule has 4 heteroatoms. The fourth-order valence-corrected chi connectivity index (χ4v) is 3.57. The van der Waals surface area contributed by atoms with Crippen molar-refractivity contribution in [3.63, 3.8) is 0 Å². The minimum atomic E-state index is 0.0632. The number of imidazole rings is 1. The molecule has 1 atom stereocenters. The monoisotopic (exact) mass is 291 g/mol. The van der Waals surface area contributed by atoms with Gasteiger partial charge in [0.2, 0.25) is 0 Å². The molecule has 0 saturated carbocycles. The van der Waals surface area contributed by atoms with Gasteiger partial charge in [0.1, 0.15) is 5.82 Å². The third-order valence-electron chi connectivity index (χ3n) is 4.74. The summed E-state index contributed by atoms with van der Waals surface area (Å²) in [4.78, 5) is 4.87. The zero-order valence-electron chi connectivity index (χ0n) is 12.4. The molecule has 2 aromatic rings. The Morgan fingerprint density at radius 3 is 2.90 bits per heavy atom. The molecule has 1 unspecified atom stereocenters. The van der Waals surface area contributed by atoms with Crippen molar-refractivity contribution in [3.05, 3.63) is 29.0 Å². The molecular formula is C16H22ClN3. The first-order valence-electron chi connectivity index (χ1n) is 7.33. The third kappa shape index (κ3) is 2.23. The van der Waals surface area contributed by atoms with E-state index in [4.69, 9.17) is 16.6 Å². The predicted octanol–water partition coefficient (Wildman–Crippen LogP) is 3.50. The van der Waals surface area contributed by atoms with Crippen molar-refractivity contribution in [3.8, 4) is 0 Å². The van der Waals surface area contributed by atoms with E-state index in [0.29, 0.717) is 5.92 Å². The van der Waals surface area contributed by atoms with Crippen molar-refractivity contribution >= 4 is 22.6 Å². The second-order valence-electron chi connectivity index (χ2n) is 6.39. The van der Waals surface area contributed by atoms with Crippen LogP contribution in [-0.4, -0.2) is 22.6 Å². The fraction of sp³-hybridized carbons (Fsp3) is 0.562. The number of aryl methyl sites for hydroxylation is 1. The van der Waals surface area contributed by atoms with Crippen molar-refractivity contribution in [2.24, 2.45) is 13.0 Å². The highest BCUT2D eigenvalue weighted by molar-refractivity contribution is 6.31. The molecule has 108 valence electrons. The summed E-state index contributed by atoms with van der Waals surface area (Å²) in [5, 5.41) is 4.26. The van der Waals surface area contributed by atoms with Crippen molar-refractivity contribution in [2.45, 2.75) is 32.1 Å². The molecule has 1 aromatic heterocycles. The number of hydrogen-bond acceptors (Lipinski definition) is 2. The standard InChI is InChI=1S/C16H22ClN3/c1-16(2,11-5-4-8-18-10-11)15-19-13-9-12(17)6-7-14(13)20(15)3/h6-7,9,11,18H,4-5,8,10H2,1-3H3. The molecule has 3 rings (SSSR count). The molecule has 2 heterocycles. The van der Waals surface area contributed by atoms with Gasteiger partial charge in [-0.25, -0.2) is 4.98 Å². The van der Waals surface area contributed by atoms with E-state index in [0.717, 1.165) is 35.0 Å². The summed E-state index contributed by atoms with van der Waals surface area (Å²) in [5.41, 5.74) is 2.21. The van der Waals surface area contributed by atoms with E-state index in [2.05, 4.69) is 36.8 Å². The van der Waals surface area contributed by atoms with Gasteiger partial charge in [0, 0.05) is 17.5 Å². The van der Waals surface area contributed by atoms with Gasteiger partial charge in [-0.05, 0) is 50.0 Å². The summed E-state index contributed by atoms with van der Waals surface area (Å²) in [5.74, 6) is 1.78. The molecule has 0 spiro atoms. The largest absolute Gasteiger partial charge is 0.331 e. The van der Waals surface area contributed by atoms with Gasteiger partial charge >= 0.3 is 0 Å². The van der Waals surface area contributed by atoms with Crippen LogP contribution in [0.5, 0.6) is 0 Å². The van der Waals surface area contributed by atoms with Gasteiger partial charge < -0.3 is 9.88 Å². The lowest BCUT2D eigenvalue weighted by atomic mass is 9.74. The van der Waals surface area contributed by atoms with Crippen LogP contribution >= 0.6 is 11.6 Å². The number of rotatable bonds is 2. The highest BCUT2D eigenvalue weighted by Crippen LogP contribution is 2.36. The number of aromatic nitrogens is 2. The lowest BCUT2D eigenvalue weighted by molar-refractivity contribution is 0.238. The van der Waals surface area contributed by atoms with E-state index in [1.54, 1.807) is 0 Å². The minimum Gasteiger partial charge on any atom is -0.331 e. The highest BCUT2D eigenvalue weighted by Gasteiger charge is 2.36. The normalized spacial score (nSPS) is 20.5. The van der Waals surface area contributed by atoms with Gasteiger partial charge in [-0.1, -0.05) is 25.4 Å². The summed E-state index contributed by atoms with van der Waals surface area (Å²) >= 11 is 6.08. The van der Waals surface area contributed by atoms with E-state index < -0.39 is 0 Å². The number of fused-ring (bicyclic) bond motifs is 1. The molecule has 1 aromatic carbocycles. The Bertz CT molecular complexity index is 624. The lowest BCUT2D eigenvalue weighted by Gasteiger charge is -2.36. The van der Waals surface area contributed by atoms with Crippen molar-refractivity contribution in [1.82, 2.24) is 14.9 Å². The van der Waals surface area contributed by atoms with Crippen molar-refractivity contribution in [1.29, 1.82) is 0 Å². The van der Waals surface area contributed by atoms with Gasteiger partial charge in [-0.3, -0.25) is 0 Å². The average Bonchev–Trinajstić information content (AvgIpc) is 2.77. The van der Waals surface area contributed by atoms with E-state index >= 15 is 0 Å². The predicted molar refractivity (Wildman–Crippen MR) is 84.3 cm³/mol. The first kappa shape index (κ1) is 13.9. The zero-order chi connectivity index (χ0) is 14.3. The Balaban J connectivity index is 2.06. The molecule has 1 aliphatic rings. The Morgan fingerprint density at radius 2 is 2.20 bits per heavy atom. The molecule has 3 nitrogen and oxygen atoms in total. The number of hydrogen-bond donors (Lipinski definition) is 1. The van der Waals surface area contributed by atoms with Gasteiger partial charge in [-0.15, -0.1) is 0 Å². The molecule has 0 aliphatic carbocycles. The van der Waals surface area contributed by atoms with Gasteiger partial charge in [-0.2, -0.15) is 0 Å². The van der Waals surface area contributed by atoms with Crippen LogP contribution in [0.25, 0.3) is 11.0 Å². The lowest BCUT2D eigenvalue weighted by Crippen LogP contribution is -2.42. The van der Waals surface area contributed by atoms with Crippen LogP contribution in [0.15, 0.2) is 18.2 Å². The summed E-state index contributed by atoms with van der Waals surface area (Å²) < 4.78 is 2.22. The molecule has 0 amide bonds. The number of nitrogens with zero attached hydrogens (tertiary/aromatic N) is 2. The average molecular weight is 292 g/mol. The summed E-state index contributed by atoms with van der Waals surface area (Å²) in [7, 11) is 2.11. The van der Waals surface area contributed by atoms with E-state index in [1.165, 1.54) is 12.8 Å². The first-order valence-corrected chi connectivity index (χ1v) is 7.71. The van der Waals surface area contributed by atoms with Gasteiger partial charge in [0.25, 0.3) is 0 Å². The maximum Gasteiger partial charge on any atom is 0.115 e. The molecule has 1 N–H and O–H groups in total. The topological polar surface area (TPSA) is 29.9 Å². The van der Waals surface area contributed by atoms with E-state index in [1.807, 2.05) is 12.1 Å². The smallest absolute Gasteiger partial charge is 0.115 e. The van der Waals surface area contributed by atoms with Crippen LogP contribution in [0.4, 0.5) is 0 Å². The van der Waals surface area contributed by atoms with E-state index in [9.17, 15) is 0 Å². The first-order chi connectivity index (χ1) is 9.50. The molecule has 1 saturated heterocycles. The van der Waals surface area contributed by atoms with Gasteiger partial charge in [0.15, 0.2) is 0 Å². The van der Waals surface area contributed by atoms with Crippen LogP contribution in [-0.2, 0) is 12.5 Å². The Kier molecular flexibility index (Phi) is 3.51. The van der Waals surface area contributed by atoms with E-state index in [-0.39, 0.29) is 5.41 Å². The van der Waals surface area contributed by atoms with Crippen molar-refractivity contribution in [2.75, 3.05) is 13.1 Å². The molecule has 1 aliphatic heterocycles. The van der Waals surface area contributed by atoms with Crippen LogP contribution in [0, 0.1) is 5.92 Å². The summed E-state index contributed by atoms with van der Waals surface area (Å²) in [6.07, 6.45) is 2.52. The molecular weight excluding hydrogens is 270 g/mol. The molecule has 0 bridgehead atoms. The van der Waals surface area contributed by atoms with Crippen LogP contribution < -0.4 is 5.32 Å². The Labute approximate surface area is 125 Å². The number of halogens is 1. The van der Waals surface area contributed by atoms with Crippen LogP contribution in [0.3, 0.4) is 0 Å². The molecule has 20 heavy (non-hydrogen) atoms. The number of piperidine rings is 1. The second kappa shape index (κ2) is 5.05. The third-order valence-corrected chi connectivity index (χ3v) is 4.97. The Morgan fingerprint density at radius 1 is 1.40 bits per heavy atom. The SMILES string of the molecule is Cn1c(C(C)(C)C2CCCNC2)nc2cc(Cl)ccc21. The zero-order valence-corrected chi connectivity index (χ0v) is 13.2. The number of benzene rings is 1. The Hall–Kier alpha value is -1.06. The van der Waals surface area contributed by atoms with Crippen molar-refractivity contribution < 1.29 is 0 Å². The fourth-order valence-electron chi connectivity index (χ4n) is 3.40. The highest BCUT2D eigenvalue weighted by atomic mass is 35.5. The summed E-state index contributed by atoms with van der Waals surface area (Å²) in [6.45, 7) is 6.85. The molecule has 1 fully saturated rings. The second-order valence-corrected chi connectivity index (χ2v) is 6.83. The van der Waals surface area contributed by atoms with Crippen LogP contribution in [0.1, 0.15) is 32.5 Å². The summed E-state index contributed by atoms with van der Waals surface area (Å²) in [6, 6.07) is 5.95.